The number of carboxylic acids is 1. The minimum absolute atomic E-state index is 0.0534. The van der Waals surface area contributed by atoms with E-state index in [1.807, 2.05) is 60.2 Å². The summed E-state index contributed by atoms with van der Waals surface area (Å²) in [5.41, 5.74) is 4.39. The molecule has 0 aliphatic rings. The highest BCUT2D eigenvalue weighted by atomic mass is 19.1. The van der Waals surface area contributed by atoms with Crippen LogP contribution >= 0.6 is 0 Å². The molecule has 1 atom stereocenters. The number of ether oxygens (including phenoxy) is 1. The molecule has 0 amide bonds. The summed E-state index contributed by atoms with van der Waals surface area (Å²) in [6, 6.07) is 16.9. The number of halogens is 2. The number of carbonyl (C=O) groups is 1. The fraction of sp³-hybridized carbons (Fsp3) is 0.207. The normalized spacial score (nSPS) is 11.7. The molecule has 0 unspecified atom stereocenters. The smallest absolute Gasteiger partial charge is 0.304 e. The van der Waals surface area contributed by atoms with Gasteiger partial charge in [0.15, 0.2) is 0 Å². The van der Waals surface area contributed by atoms with Gasteiger partial charge in [0, 0.05) is 18.8 Å². The van der Waals surface area contributed by atoms with Crippen LogP contribution < -0.4 is 4.74 Å². The number of benzene rings is 3. The Hall–Kier alpha value is -4.11. The fourth-order valence-corrected chi connectivity index (χ4v) is 4.27. The third-order valence-electron chi connectivity index (χ3n) is 5.95. The lowest BCUT2D eigenvalue weighted by atomic mass is 9.96. The molecular formula is C29H25F2NO3. The molecule has 4 nitrogen and oxygen atoms in total. The number of hydrogen-bond donors (Lipinski definition) is 1. The average molecular weight is 474 g/mol. The van der Waals surface area contributed by atoms with E-state index in [2.05, 4.69) is 11.8 Å². The molecule has 35 heavy (non-hydrogen) atoms. The van der Waals surface area contributed by atoms with E-state index < -0.39 is 17.6 Å². The number of nitrogens with zero attached hydrogens (tertiary/aromatic N) is 1. The zero-order chi connectivity index (χ0) is 24.9. The van der Waals surface area contributed by atoms with Crippen molar-refractivity contribution in [3.63, 3.8) is 0 Å². The Morgan fingerprint density at radius 1 is 1.06 bits per heavy atom. The second-order valence-electron chi connectivity index (χ2n) is 8.41. The van der Waals surface area contributed by atoms with Gasteiger partial charge in [0.05, 0.1) is 17.9 Å². The van der Waals surface area contributed by atoms with Gasteiger partial charge < -0.3 is 14.4 Å². The maximum atomic E-state index is 13.6. The van der Waals surface area contributed by atoms with Crippen molar-refractivity contribution in [1.82, 2.24) is 4.57 Å². The van der Waals surface area contributed by atoms with Crippen molar-refractivity contribution in [2.75, 3.05) is 0 Å². The van der Waals surface area contributed by atoms with Crippen molar-refractivity contribution in [3.05, 3.63) is 101 Å². The third kappa shape index (κ3) is 5.70. The first kappa shape index (κ1) is 24.0. The summed E-state index contributed by atoms with van der Waals surface area (Å²) >= 11 is 0. The summed E-state index contributed by atoms with van der Waals surface area (Å²) in [5.74, 6) is 3.96. The molecule has 4 rings (SSSR count). The molecule has 0 spiro atoms. The fourth-order valence-electron chi connectivity index (χ4n) is 4.27. The Bertz CT molecular complexity index is 1410. The Balaban J connectivity index is 1.52. The predicted octanol–water partition coefficient (Wildman–Crippen LogP) is 6.44. The Labute approximate surface area is 202 Å². The van der Waals surface area contributed by atoms with E-state index in [9.17, 15) is 13.6 Å². The minimum Gasteiger partial charge on any atom is -0.489 e. The van der Waals surface area contributed by atoms with Crippen LogP contribution in [0.3, 0.4) is 0 Å². The number of fused-ring (bicyclic) bond motifs is 1. The molecule has 0 aliphatic heterocycles. The Morgan fingerprint density at radius 3 is 2.43 bits per heavy atom. The minimum atomic E-state index is -0.892. The van der Waals surface area contributed by atoms with Gasteiger partial charge in [-0.25, -0.2) is 8.78 Å². The SMILES string of the molecule is CC#C[C@@H](CC(=O)O)c1ccc(OCc2ccc3ccn(Cc4cc(F)cc(F)c4)c3c2C)cc1. The lowest BCUT2D eigenvalue weighted by Gasteiger charge is -2.14. The van der Waals surface area contributed by atoms with Gasteiger partial charge >= 0.3 is 5.97 Å². The van der Waals surface area contributed by atoms with E-state index in [-0.39, 0.29) is 12.3 Å². The molecule has 178 valence electrons. The summed E-state index contributed by atoms with van der Waals surface area (Å²) < 4.78 is 35.3. The monoisotopic (exact) mass is 473 g/mol. The van der Waals surface area contributed by atoms with Crippen LogP contribution in [-0.2, 0) is 17.9 Å². The van der Waals surface area contributed by atoms with Gasteiger partial charge in [-0.3, -0.25) is 4.79 Å². The zero-order valence-electron chi connectivity index (χ0n) is 19.5. The Kier molecular flexibility index (Phi) is 7.17. The first-order valence-corrected chi connectivity index (χ1v) is 11.2. The van der Waals surface area contributed by atoms with Crippen LogP contribution in [0.2, 0.25) is 0 Å². The lowest BCUT2D eigenvalue weighted by Crippen LogP contribution is -2.05. The predicted molar refractivity (Wildman–Crippen MR) is 131 cm³/mol. The van der Waals surface area contributed by atoms with Crippen LogP contribution in [0.5, 0.6) is 5.75 Å². The van der Waals surface area contributed by atoms with E-state index in [1.54, 1.807) is 6.92 Å². The van der Waals surface area contributed by atoms with Crippen LogP contribution in [0.4, 0.5) is 8.78 Å². The first-order chi connectivity index (χ1) is 16.8. The van der Waals surface area contributed by atoms with Crippen LogP contribution in [0.1, 0.15) is 41.5 Å². The molecule has 1 heterocycles. The van der Waals surface area contributed by atoms with Crippen LogP contribution in [0, 0.1) is 30.4 Å². The Morgan fingerprint density at radius 2 is 1.77 bits per heavy atom. The van der Waals surface area contributed by atoms with Gasteiger partial charge in [-0.15, -0.1) is 5.92 Å². The van der Waals surface area contributed by atoms with Crippen LogP contribution in [0.15, 0.2) is 66.9 Å². The molecule has 0 bridgehead atoms. The summed E-state index contributed by atoms with van der Waals surface area (Å²) in [7, 11) is 0. The standard InChI is InChI=1S/C29H25F2NO3/c1-3-4-23(15-28(33)34)21-7-9-27(10-8-21)35-18-24-6-5-22-11-12-32(29(22)19(24)2)17-20-13-25(30)16-26(31)14-20/h5-14,16,23H,15,17-18H2,1-2H3,(H,33,34)/t23-/m0/s1. The molecule has 1 aromatic heterocycles. The van der Waals surface area contributed by atoms with Gasteiger partial charge in [0.25, 0.3) is 0 Å². The van der Waals surface area contributed by atoms with Gasteiger partial charge in [0.1, 0.15) is 24.0 Å². The molecule has 0 saturated carbocycles. The molecule has 0 aliphatic carbocycles. The van der Waals surface area contributed by atoms with Gasteiger partial charge in [-0.1, -0.05) is 30.2 Å². The number of aliphatic carboxylic acids is 1. The highest BCUT2D eigenvalue weighted by molar-refractivity contribution is 5.84. The molecule has 1 N–H and O–H groups in total. The molecule has 0 fully saturated rings. The number of aromatic nitrogens is 1. The van der Waals surface area contributed by atoms with Crippen molar-refractivity contribution in [2.45, 2.75) is 39.3 Å². The number of aryl methyl sites for hydroxylation is 1. The molecule has 3 aromatic carbocycles. The van der Waals surface area contributed by atoms with Crippen molar-refractivity contribution in [3.8, 4) is 17.6 Å². The van der Waals surface area contributed by atoms with Gasteiger partial charge in [0.2, 0.25) is 0 Å². The highest BCUT2D eigenvalue weighted by Crippen LogP contribution is 2.27. The van der Waals surface area contributed by atoms with Crippen molar-refractivity contribution in [1.29, 1.82) is 0 Å². The van der Waals surface area contributed by atoms with Crippen molar-refractivity contribution >= 4 is 16.9 Å². The lowest BCUT2D eigenvalue weighted by molar-refractivity contribution is -0.137. The van der Waals surface area contributed by atoms with E-state index >= 15 is 0 Å². The van der Waals surface area contributed by atoms with Gasteiger partial charge in [-0.2, -0.15) is 0 Å². The molecular weight excluding hydrogens is 448 g/mol. The molecule has 0 saturated heterocycles. The number of rotatable bonds is 8. The van der Waals surface area contributed by atoms with Crippen LogP contribution in [-0.4, -0.2) is 15.6 Å². The topological polar surface area (TPSA) is 51.5 Å². The van der Waals surface area contributed by atoms with Crippen molar-refractivity contribution < 1.29 is 23.4 Å². The summed E-state index contributed by atoms with van der Waals surface area (Å²) in [6.07, 6.45) is 1.86. The first-order valence-electron chi connectivity index (χ1n) is 11.2. The quantitative estimate of drug-likeness (QED) is 0.300. The second-order valence-corrected chi connectivity index (χ2v) is 8.41. The zero-order valence-corrected chi connectivity index (χ0v) is 19.5. The maximum absolute atomic E-state index is 13.6. The second kappa shape index (κ2) is 10.4. The largest absolute Gasteiger partial charge is 0.489 e. The number of carboxylic acid groups (broad SMARTS) is 1. The van der Waals surface area contributed by atoms with E-state index in [0.29, 0.717) is 24.5 Å². The van der Waals surface area contributed by atoms with Gasteiger partial charge in [-0.05, 0) is 71.8 Å². The third-order valence-corrected chi connectivity index (χ3v) is 5.95. The molecule has 0 radical (unpaired) electrons. The summed E-state index contributed by atoms with van der Waals surface area (Å²) in [5, 5.41) is 10.2. The average Bonchev–Trinajstić information content (AvgIpc) is 3.21. The van der Waals surface area contributed by atoms with E-state index in [0.717, 1.165) is 33.7 Å². The van der Waals surface area contributed by atoms with Crippen molar-refractivity contribution in [2.24, 2.45) is 0 Å². The highest BCUT2D eigenvalue weighted by Gasteiger charge is 2.14. The molecule has 6 heteroatoms. The van der Waals surface area contributed by atoms with E-state index in [4.69, 9.17) is 9.84 Å². The molecule has 4 aromatic rings. The summed E-state index contributed by atoms with van der Waals surface area (Å²) in [6.45, 7) is 4.39. The van der Waals surface area contributed by atoms with Crippen LogP contribution in [0.25, 0.3) is 10.9 Å². The summed E-state index contributed by atoms with van der Waals surface area (Å²) in [4.78, 5) is 11.1. The number of hydrogen-bond acceptors (Lipinski definition) is 2. The van der Waals surface area contributed by atoms with E-state index in [1.165, 1.54) is 12.1 Å². The maximum Gasteiger partial charge on any atom is 0.304 e.